The Morgan fingerprint density at radius 3 is 2.00 bits per heavy atom. The minimum absolute atomic E-state index is 0.0311. The van der Waals surface area contributed by atoms with Gasteiger partial charge in [0, 0.05) is 6.07 Å². The van der Waals surface area contributed by atoms with Crippen LogP contribution in [0.15, 0.2) is 63.6 Å². The van der Waals surface area contributed by atoms with Crippen LogP contribution in [0.4, 0.5) is 13.2 Å². The Morgan fingerprint density at radius 1 is 0.793 bits per heavy atom. The van der Waals surface area contributed by atoms with Gasteiger partial charge in [0.05, 0.1) is 0 Å². The van der Waals surface area contributed by atoms with Crippen molar-refractivity contribution in [3.8, 4) is 23.0 Å². The summed E-state index contributed by atoms with van der Waals surface area (Å²) >= 11 is 21.8. The van der Waals surface area contributed by atoms with Crippen LogP contribution in [-0.2, 0) is 6.18 Å². The first-order valence-corrected chi connectivity index (χ1v) is 9.43. The van der Waals surface area contributed by atoms with Crippen molar-refractivity contribution in [2.45, 2.75) is 6.18 Å². The van der Waals surface area contributed by atoms with Gasteiger partial charge in [0.15, 0.2) is 0 Å². The molecule has 0 aliphatic carbocycles. The van der Waals surface area contributed by atoms with E-state index in [1.54, 1.807) is 18.2 Å². The maximum absolute atomic E-state index is 13.4. The van der Waals surface area contributed by atoms with Gasteiger partial charge in [-0.3, -0.25) is 0 Å². The highest BCUT2D eigenvalue weighted by molar-refractivity contribution is 6.56. The quantitative estimate of drug-likeness (QED) is 0.378. The lowest BCUT2D eigenvalue weighted by Gasteiger charge is -2.15. The van der Waals surface area contributed by atoms with Crippen LogP contribution in [0.25, 0.3) is 0 Å². The van der Waals surface area contributed by atoms with E-state index in [-0.39, 0.29) is 39.4 Å². The zero-order chi connectivity index (χ0) is 21.4. The van der Waals surface area contributed by atoms with Crippen LogP contribution in [-0.4, -0.2) is 13.2 Å². The van der Waals surface area contributed by atoms with E-state index in [1.165, 1.54) is 24.3 Å². The number of alkyl halides is 3. The first-order valence-electron chi connectivity index (χ1n) is 7.92. The summed E-state index contributed by atoms with van der Waals surface area (Å²) in [6, 6.07) is 9.70. The van der Waals surface area contributed by atoms with Crippen LogP contribution >= 0.6 is 46.4 Å². The van der Waals surface area contributed by atoms with Crippen molar-refractivity contribution in [3.05, 3.63) is 69.2 Å². The average molecular weight is 488 g/mol. The van der Waals surface area contributed by atoms with Crippen LogP contribution in [0.3, 0.4) is 0 Å². The smallest absolute Gasteiger partial charge is 0.420 e. The van der Waals surface area contributed by atoms with E-state index in [4.69, 9.17) is 60.6 Å². The topological polar surface area (TPSA) is 27.7 Å². The normalized spacial score (nSPS) is 10.9. The van der Waals surface area contributed by atoms with Gasteiger partial charge in [-0.15, -0.1) is 0 Å². The highest BCUT2D eigenvalue weighted by Crippen LogP contribution is 2.39. The summed E-state index contributed by atoms with van der Waals surface area (Å²) in [6.45, 7) is -0.0947. The molecule has 2 aromatic carbocycles. The fraction of sp³-hybridized carbons (Fsp3) is 0.158. The Bertz CT molecular complexity index is 891. The van der Waals surface area contributed by atoms with Crippen LogP contribution < -0.4 is 14.2 Å². The van der Waals surface area contributed by atoms with Crippen LogP contribution in [0.5, 0.6) is 23.0 Å². The predicted molar refractivity (Wildman–Crippen MR) is 109 cm³/mol. The molecule has 2 aromatic rings. The molecule has 0 atom stereocenters. The van der Waals surface area contributed by atoms with Crippen molar-refractivity contribution in [1.82, 2.24) is 0 Å². The van der Waals surface area contributed by atoms with E-state index in [1.807, 2.05) is 0 Å². The lowest BCUT2D eigenvalue weighted by molar-refractivity contribution is -0.139. The van der Waals surface area contributed by atoms with Crippen LogP contribution in [0, 0.1) is 0 Å². The van der Waals surface area contributed by atoms with Gasteiger partial charge in [0.1, 0.15) is 50.8 Å². The molecule has 0 amide bonds. The first-order chi connectivity index (χ1) is 13.6. The second-order valence-electron chi connectivity index (χ2n) is 5.34. The highest BCUT2D eigenvalue weighted by atomic mass is 35.5. The second kappa shape index (κ2) is 10.9. The van der Waals surface area contributed by atoms with Crippen molar-refractivity contribution < 1.29 is 27.4 Å². The second-order valence-corrected chi connectivity index (χ2v) is 7.36. The van der Waals surface area contributed by atoms with E-state index in [0.29, 0.717) is 5.75 Å². The summed E-state index contributed by atoms with van der Waals surface area (Å²) in [5.74, 6) is 0.296. The van der Waals surface area contributed by atoms with Crippen molar-refractivity contribution >= 4 is 46.4 Å². The maximum Gasteiger partial charge on any atom is 0.420 e. The summed E-state index contributed by atoms with van der Waals surface area (Å²) < 4.78 is 56.1. The van der Waals surface area contributed by atoms with Crippen LogP contribution in [0.1, 0.15) is 5.56 Å². The van der Waals surface area contributed by atoms with Gasteiger partial charge >= 0.3 is 6.18 Å². The molecule has 0 heterocycles. The van der Waals surface area contributed by atoms with E-state index in [0.717, 1.165) is 12.1 Å². The number of rotatable bonds is 8. The molecule has 0 aliphatic heterocycles. The van der Waals surface area contributed by atoms with E-state index in [2.05, 4.69) is 0 Å². The third-order valence-electron chi connectivity index (χ3n) is 3.26. The zero-order valence-corrected chi connectivity index (χ0v) is 17.5. The fourth-order valence-corrected chi connectivity index (χ4v) is 2.33. The molecule has 3 nitrogen and oxygen atoms in total. The van der Waals surface area contributed by atoms with Crippen molar-refractivity contribution in [1.29, 1.82) is 0 Å². The predicted octanol–water partition coefficient (Wildman–Crippen LogP) is 7.89. The molecule has 0 bridgehead atoms. The molecule has 0 fully saturated rings. The van der Waals surface area contributed by atoms with Crippen molar-refractivity contribution in [2.24, 2.45) is 0 Å². The minimum Gasteiger partial charge on any atom is -0.489 e. The molecule has 29 heavy (non-hydrogen) atoms. The standard InChI is InChI=1S/C19H13Cl4F3O3/c20-17(21)6-8-27-12-2-1-3-13(10-12)29-14-4-5-16(28-9-7-18(22)23)15(11-14)19(24,25)26/h1-7,10-11H,8-9H2. The Morgan fingerprint density at radius 2 is 1.38 bits per heavy atom. The molecule has 0 radical (unpaired) electrons. The Balaban J connectivity index is 2.18. The van der Waals surface area contributed by atoms with E-state index < -0.39 is 11.7 Å². The molecule has 10 heteroatoms. The Kier molecular flexibility index (Phi) is 8.83. The average Bonchev–Trinajstić information content (AvgIpc) is 2.61. The monoisotopic (exact) mass is 486 g/mol. The molecule has 0 aliphatic rings. The number of ether oxygens (including phenoxy) is 3. The molecule has 0 saturated heterocycles. The minimum atomic E-state index is -4.65. The van der Waals surface area contributed by atoms with Gasteiger partial charge in [0.25, 0.3) is 0 Å². The van der Waals surface area contributed by atoms with Crippen molar-refractivity contribution in [2.75, 3.05) is 13.2 Å². The summed E-state index contributed by atoms with van der Waals surface area (Å²) in [5.41, 5.74) is -0.997. The lowest BCUT2D eigenvalue weighted by Crippen LogP contribution is -2.09. The summed E-state index contributed by atoms with van der Waals surface area (Å²) in [4.78, 5) is 0. The summed E-state index contributed by atoms with van der Waals surface area (Å²) in [6.07, 6.45) is -1.98. The number of halogens is 7. The number of hydrogen-bond donors (Lipinski definition) is 0. The first kappa shape index (κ1) is 23.5. The Labute approximate surface area is 185 Å². The summed E-state index contributed by atoms with van der Waals surface area (Å²) in [7, 11) is 0. The number of benzene rings is 2. The molecule has 0 aromatic heterocycles. The number of hydrogen-bond acceptors (Lipinski definition) is 3. The molecular formula is C19H13Cl4F3O3. The fourth-order valence-electron chi connectivity index (χ4n) is 2.08. The largest absolute Gasteiger partial charge is 0.489 e. The van der Waals surface area contributed by atoms with Gasteiger partial charge in [-0.2, -0.15) is 13.2 Å². The van der Waals surface area contributed by atoms with Gasteiger partial charge < -0.3 is 14.2 Å². The van der Waals surface area contributed by atoms with E-state index in [9.17, 15) is 13.2 Å². The molecule has 0 N–H and O–H groups in total. The maximum atomic E-state index is 13.4. The molecule has 0 spiro atoms. The van der Waals surface area contributed by atoms with Crippen molar-refractivity contribution in [3.63, 3.8) is 0 Å². The molecule has 156 valence electrons. The Hall–Kier alpha value is -1.73. The molecule has 0 saturated carbocycles. The van der Waals surface area contributed by atoms with Crippen LogP contribution in [0.2, 0.25) is 0 Å². The summed E-state index contributed by atoms with van der Waals surface area (Å²) in [5, 5.41) is 0. The van der Waals surface area contributed by atoms with Gasteiger partial charge in [-0.1, -0.05) is 52.5 Å². The van der Waals surface area contributed by atoms with E-state index >= 15 is 0 Å². The third-order valence-corrected chi connectivity index (χ3v) is 3.88. The highest BCUT2D eigenvalue weighted by Gasteiger charge is 2.35. The molecular weight excluding hydrogens is 475 g/mol. The molecule has 0 unspecified atom stereocenters. The van der Waals surface area contributed by atoms with Gasteiger partial charge in [-0.25, -0.2) is 0 Å². The zero-order valence-electron chi connectivity index (χ0n) is 14.5. The van der Waals surface area contributed by atoms with Gasteiger partial charge in [-0.05, 0) is 42.5 Å². The van der Waals surface area contributed by atoms with Gasteiger partial charge in [0.2, 0.25) is 0 Å². The third kappa shape index (κ3) is 8.26. The lowest BCUT2D eigenvalue weighted by atomic mass is 10.2. The molecule has 2 rings (SSSR count). The SMILES string of the molecule is FC(F)(F)c1cc(Oc2cccc(OCC=C(Cl)Cl)c2)ccc1OCC=C(Cl)Cl.